The Bertz CT molecular complexity index is 988. The number of hydrogen-bond donors (Lipinski definition) is 1. The van der Waals surface area contributed by atoms with Gasteiger partial charge in [0.25, 0.3) is 0 Å². The first-order valence-electron chi connectivity index (χ1n) is 9.27. The fourth-order valence-electron chi connectivity index (χ4n) is 3.43. The van der Waals surface area contributed by atoms with E-state index in [1.807, 2.05) is 41.8 Å². The molecule has 0 saturated heterocycles. The molecule has 28 heavy (non-hydrogen) atoms. The number of thioether (sulfide) groups is 1. The van der Waals surface area contributed by atoms with Crippen molar-refractivity contribution in [2.24, 2.45) is 0 Å². The van der Waals surface area contributed by atoms with Crippen molar-refractivity contribution in [3.8, 4) is 11.5 Å². The summed E-state index contributed by atoms with van der Waals surface area (Å²) in [5, 5.41) is 12.3. The van der Waals surface area contributed by atoms with E-state index in [1.165, 1.54) is 17.3 Å². The van der Waals surface area contributed by atoms with Gasteiger partial charge in [0.05, 0.1) is 17.1 Å². The molecule has 1 N–H and O–H groups in total. The number of carbonyl (C=O) groups is 1. The number of anilines is 2. The number of rotatable bonds is 6. The molecule has 0 bridgehead atoms. The van der Waals surface area contributed by atoms with Crippen LogP contribution in [-0.2, 0) is 17.8 Å². The third kappa shape index (κ3) is 3.60. The van der Waals surface area contributed by atoms with Crippen molar-refractivity contribution in [2.45, 2.75) is 25.0 Å². The molecule has 3 heterocycles. The topological polar surface area (TPSA) is 75.9 Å². The van der Waals surface area contributed by atoms with E-state index in [4.69, 9.17) is 0 Å². The van der Waals surface area contributed by atoms with E-state index >= 15 is 0 Å². The van der Waals surface area contributed by atoms with Crippen LogP contribution in [0.4, 0.5) is 11.4 Å². The van der Waals surface area contributed by atoms with Crippen LogP contribution in [0.15, 0.2) is 47.8 Å². The van der Waals surface area contributed by atoms with Gasteiger partial charge in [0, 0.05) is 26.3 Å². The Balaban J connectivity index is 1.45. The molecule has 0 fully saturated rings. The van der Waals surface area contributed by atoms with Crippen molar-refractivity contribution in [1.82, 2.24) is 19.7 Å². The van der Waals surface area contributed by atoms with Crippen LogP contribution in [0.25, 0.3) is 11.5 Å². The monoisotopic (exact) mass is 394 g/mol. The van der Waals surface area contributed by atoms with E-state index in [-0.39, 0.29) is 11.7 Å². The SMILES string of the molecule is CCn1c(SCC(=O)Nc2cccc3c2N(C)CC3)nnc1-c1ccccn1. The van der Waals surface area contributed by atoms with Crippen LogP contribution in [0.1, 0.15) is 12.5 Å². The molecule has 1 amide bonds. The maximum atomic E-state index is 12.5. The van der Waals surface area contributed by atoms with Crippen LogP contribution in [0.3, 0.4) is 0 Å². The average molecular weight is 395 g/mol. The highest BCUT2D eigenvalue weighted by Crippen LogP contribution is 2.34. The maximum Gasteiger partial charge on any atom is 0.234 e. The van der Waals surface area contributed by atoms with Crippen molar-refractivity contribution in [2.75, 3.05) is 29.6 Å². The van der Waals surface area contributed by atoms with E-state index in [1.54, 1.807) is 6.20 Å². The summed E-state index contributed by atoms with van der Waals surface area (Å²) in [7, 11) is 2.05. The Morgan fingerprint density at radius 2 is 2.11 bits per heavy atom. The molecule has 1 aromatic carbocycles. The molecule has 144 valence electrons. The number of pyridine rings is 1. The van der Waals surface area contributed by atoms with Gasteiger partial charge in [-0.1, -0.05) is 30.0 Å². The molecule has 8 heteroatoms. The van der Waals surface area contributed by atoms with Gasteiger partial charge in [0.2, 0.25) is 5.91 Å². The number of hydrogen-bond acceptors (Lipinski definition) is 6. The van der Waals surface area contributed by atoms with Crippen molar-refractivity contribution in [3.63, 3.8) is 0 Å². The highest BCUT2D eigenvalue weighted by atomic mass is 32.2. The smallest absolute Gasteiger partial charge is 0.234 e. The van der Waals surface area contributed by atoms with Crippen molar-refractivity contribution in [3.05, 3.63) is 48.2 Å². The summed E-state index contributed by atoms with van der Waals surface area (Å²) in [5.41, 5.74) is 4.04. The van der Waals surface area contributed by atoms with Gasteiger partial charge in [-0.2, -0.15) is 0 Å². The molecule has 0 radical (unpaired) electrons. The number of carbonyl (C=O) groups excluding carboxylic acids is 1. The number of amides is 1. The molecule has 4 rings (SSSR count). The summed E-state index contributed by atoms with van der Waals surface area (Å²) in [6, 6.07) is 11.8. The number of benzene rings is 1. The molecule has 7 nitrogen and oxygen atoms in total. The largest absolute Gasteiger partial charge is 0.372 e. The van der Waals surface area contributed by atoms with Gasteiger partial charge in [0.15, 0.2) is 11.0 Å². The highest BCUT2D eigenvalue weighted by Gasteiger charge is 2.21. The molecular formula is C20H22N6OS. The predicted octanol–water partition coefficient (Wildman–Crippen LogP) is 3.08. The first-order valence-corrected chi connectivity index (χ1v) is 10.3. The van der Waals surface area contributed by atoms with Crippen LogP contribution >= 0.6 is 11.8 Å². The molecule has 0 spiro atoms. The molecule has 3 aromatic rings. The predicted molar refractivity (Wildman–Crippen MR) is 112 cm³/mol. The lowest BCUT2D eigenvalue weighted by Crippen LogP contribution is -2.19. The van der Waals surface area contributed by atoms with E-state index in [0.717, 1.165) is 30.0 Å². The van der Waals surface area contributed by atoms with Gasteiger partial charge in [-0.25, -0.2) is 0 Å². The number of para-hydroxylation sites is 1. The molecule has 0 atom stereocenters. The Hall–Kier alpha value is -2.87. The van der Waals surface area contributed by atoms with Gasteiger partial charge in [-0.15, -0.1) is 10.2 Å². The number of fused-ring (bicyclic) bond motifs is 1. The standard InChI is InChI=1S/C20H22N6OS/c1-3-26-19(16-8-4-5-11-21-16)23-24-20(26)28-13-17(27)22-15-9-6-7-14-10-12-25(2)18(14)15/h4-9,11H,3,10,12-13H2,1-2H3,(H,22,27). The Morgan fingerprint density at radius 1 is 1.21 bits per heavy atom. The van der Waals surface area contributed by atoms with E-state index < -0.39 is 0 Å². The summed E-state index contributed by atoms with van der Waals surface area (Å²) < 4.78 is 1.98. The summed E-state index contributed by atoms with van der Waals surface area (Å²) >= 11 is 1.38. The molecule has 2 aromatic heterocycles. The lowest BCUT2D eigenvalue weighted by Gasteiger charge is -2.17. The Labute approximate surface area is 168 Å². The van der Waals surface area contributed by atoms with Crippen LogP contribution in [0.5, 0.6) is 0 Å². The number of aromatic nitrogens is 4. The maximum absolute atomic E-state index is 12.5. The number of nitrogens with one attached hydrogen (secondary N) is 1. The zero-order valence-electron chi connectivity index (χ0n) is 15.9. The number of nitrogens with zero attached hydrogens (tertiary/aromatic N) is 5. The second kappa shape index (κ2) is 8.02. The van der Waals surface area contributed by atoms with Crippen LogP contribution in [0.2, 0.25) is 0 Å². The lowest BCUT2D eigenvalue weighted by atomic mass is 10.1. The molecule has 0 aliphatic carbocycles. The second-order valence-corrected chi connectivity index (χ2v) is 7.53. The van der Waals surface area contributed by atoms with Crippen LogP contribution in [0, 0.1) is 0 Å². The third-order valence-corrected chi connectivity index (χ3v) is 5.72. The summed E-state index contributed by atoms with van der Waals surface area (Å²) in [5.74, 6) is 0.936. The molecule has 0 unspecified atom stereocenters. The van der Waals surface area contributed by atoms with Gasteiger partial charge < -0.3 is 14.8 Å². The summed E-state index contributed by atoms with van der Waals surface area (Å²) in [4.78, 5) is 19.1. The molecule has 0 saturated carbocycles. The highest BCUT2D eigenvalue weighted by molar-refractivity contribution is 7.99. The van der Waals surface area contributed by atoms with Gasteiger partial charge in [-0.05, 0) is 37.1 Å². The minimum atomic E-state index is -0.0521. The zero-order valence-corrected chi connectivity index (χ0v) is 16.7. The normalized spacial score (nSPS) is 12.9. The average Bonchev–Trinajstić information content (AvgIpc) is 3.31. The van der Waals surface area contributed by atoms with E-state index in [0.29, 0.717) is 17.5 Å². The second-order valence-electron chi connectivity index (χ2n) is 6.59. The summed E-state index contributed by atoms with van der Waals surface area (Å²) in [6.45, 7) is 3.72. The van der Waals surface area contributed by atoms with E-state index in [2.05, 4.69) is 38.5 Å². The van der Waals surface area contributed by atoms with Crippen molar-refractivity contribution < 1.29 is 4.79 Å². The zero-order chi connectivity index (χ0) is 19.5. The van der Waals surface area contributed by atoms with E-state index in [9.17, 15) is 4.79 Å². The van der Waals surface area contributed by atoms with Gasteiger partial charge in [-0.3, -0.25) is 9.78 Å². The number of likely N-dealkylation sites (N-methyl/N-ethyl adjacent to an activating group) is 1. The van der Waals surface area contributed by atoms with Crippen molar-refractivity contribution in [1.29, 1.82) is 0 Å². The third-order valence-electron chi connectivity index (χ3n) is 4.75. The van der Waals surface area contributed by atoms with Crippen LogP contribution < -0.4 is 10.2 Å². The first kappa shape index (κ1) is 18.5. The Morgan fingerprint density at radius 3 is 2.89 bits per heavy atom. The summed E-state index contributed by atoms with van der Waals surface area (Å²) in [6.07, 6.45) is 2.75. The van der Waals surface area contributed by atoms with Gasteiger partial charge in [0.1, 0.15) is 5.69 Å². The van der Waals surface area contributed by atoms with Gasteiger partial charge >= 0.3 is 0 Å². The quantitative estimate of drug-likeness (QED) is 0.648. The Kier molecular flexibility index (Phi) is 5.29. The fourth-order valence-corrected chi connectivity index (χ4v) is 4.23. The fraction of sp³-hybridized carbons (Fsp3) is 0.300. The van der Waals surface area contributed by atoms with Crippen molar-refractivity contribution >= 4 is 29.0 Å². The molecule has 1 aliphatic heterocycles. The molecule has 1 aliphatic rings. The minimum absolute atomic E-state index is 0.0521. The minimum Gasteiger partial charge on any atom is -0.372 e. The molecular weight excluding hydrogens is 372 g/mol. The van der Waals surface area contributed by atoms with Crippen LogP contribution in [-0.4, -0.2) is 45.0 Å². The lowest BCUT2D eigenvalue weighted by molar-refractivity contribution is -0.113. The first-order chi connectivity index (χ1) is 13.7.